The quantitative estimate of drug-likeness (QED) is 0.777. The molecule has 2 aromatic heterocycles. The summed E-state index contributed by atoms with van der Waals surface area (Å²) in [6.07, 6.45) is 2.62. The van der Waals surface area contributed by atoms with E-state index in [4.69, 9.17) is 0 Å². The number of nitrogens with one attached hydrogen (secondary N) is 2. The summed E-state index contributed by atoms with van der Waals surface area (Å²) in [6.45, 7) is 1.62. The van der Waals surface area contributed by atoms with Gasteiger partial charge < -0.3 is 10.6 Å². The lowest BCUT2D eigenvalue weighted by Crippen LogP contribution is -2.51. The molecule has 0 bridgehead atoms. The molecule has 0 unspecified atom stereocenters. The lowest BCUT2D eigenvalue weighted by atomic mass is 10.1. The summed E-state index contributed by atoms with van der Waals surface area (Å²) in [4.78, 5) is 12.1. The van der Waals surface area contributed by atoms with Crippen LogP contribution < -0.4 is 10.6 Å². The van der Waals surface area contributed by atoms with Crippen LogP contribution in [0.5, 0.6) is 0 Å². The largest absolute Gasteiger partial charge is 0.349 e. The molecule has 0 aliphatic carbocycles. The fraction of sp³-hybridized carbons (Fsp3) is 0.188. The van der Waals surface area contributed by atoms with Crippen molar-refractivity contribution in [2.45, 2.75) is 6.04 Å². The van der Waals surface area contributed by atoms with Gasteiger partial charge in [-0.3, -0.25) is 4.98 Å². The number of pyridine rings is 1. The number of benzene rings is 1. The van der Waals surface area contributed by atoms with E-state index >= 15 is 0 Å². The third-order valence-corrected chi connectivity index (χ3v) is 3.79. The maximum Gasteiger partial charge on any atom is 0.223 e. The van der Waals surface area contributed by atoms with Crippen LogP contribution in [0.4, 0.5) is 14.7 Å². The standard InChI is InChI=1S/C16H13F2N5/c17-12-5-10(4-9-2-1-3-20-14(9)12)15-13(18)8-21-16(23-15)22-11-6-19-7-11/h1-5,8,11,19H,6-7H2,(H,21,22,23). The van der Waals surface area contributed by atoms with Crippen LogP contribution >= 0.6 is 0 Å². The number of halogens is 2. The second-order valence-electron chi connectivity index (χ2n) is 5.42. The number of anilines is 1. The maximum absolute atomic E-state index is 14.2. The zero-order chi connectivity index (χ0) is 15.8. The number of hydrogen-bond acceptors (Lipinski definition) is 5. The van der Waals surface area contributed by atoms with E-state index in [1.165, 1.54) is 12.3 Å². The third kappa shape index (κ3) is 2.59. The van der Waals surface area contributed by atoms with Crippen molar-refractivity contribution in [1.29, 1.82) is 0 Å². The van der Waals surface area contributed by atoms with Gasteiger partial charge in [-0.25, -0.2) is 18.7 Å². The van der Waals surface area contributed by atoms with Gasteiger partial charge in [0, 0.05) is 30.2 Å². The monoisotopic (exact) mass is 313 g/mol. The van der Waals surface area contributed by atoms with Crippen LogP contribution in [-0.2, 0) is 0 Å². The van der Waals surface area contributed by atoms with Crippen LogP contribution in [0.3, 0.4) is 0 Å². The van der Waals surface area contributed by atoms with Gasteiger partial charge in [0.2, 0.25) is 5.95 Å². The highest BCUT2D eigenvalue weighted by atomic mass is 19.1. The molecule has 1 aliphatic heterocycles. The Morgan fingerprint density at radius 3 is 2.78 bits per heavy atom. The molecule has 116 valence electrons. The SMILES string of the molecule is Fc1cnc(NC2CNC2)nc1-c1cc(F)c2ncccc2c1. The molecule has 1 fully saturated rings. The number of aromatic nitrogens is 3. The zero-order valence-corrected chi connectivity index (χ0v) is 12.1. The predicted molar refractivity (Wildman–Crippen MR) is 83.0 cm³/mol. The van der Waals surface area contributed by atoms with Gasteiger partial charge in [0.05, 0.1) is 12.2 Å². The Morgan fingerprint density at radius 1 is 1.13 bits per heavy atom. The zero-order valence-electron chi connectivity index (χ0n) is 12.1. The van der Waals surface area contributed by atoms with Crippen LogP contribution in [0.25, 0.3) is 22.2 Å². The van der Waals surface area contributed by atoms with E-state index in [0.717, 1.165) is 19.3 Å². The van der Waals surface area contributed by atoms with Crippen molar-refractivity contribution in [3.05, 3.63) is 48.3 Å². The van der Waals surface area contributed by atoms with Crippen molar-refractivity contribution >= 4 is 16.9 Å². The molecule has 1 aromatic carbocycles. The predicted octanol–water partition coefficient (Wildman–Crippen LogP) is 2.35. The number of hydrogen-bond donors (Lipinski definition) is 2. The molecular formula is C16H13F2N5. The highest BCUT2D eigenvalue weighted by molar-refractivity contribution is 5.84. The Morgan fingerprint density at radius 2 is 2.00 bits per heavy atom. The molecule has 1 aliphatic rings. The van der Waals surface area contributed by atoms with E-state index in [-0.39, 0.29) is 17.3 Å². The molecule has 4 rings (SSSR count). The van der Waals surface area contributed by atoms with Crippen molar-refractivity contribution in [3.8, 4) is 11.3 Å². The van der Waals surface area contributed by atoms with Crippen molar-refractivity contribution in [2.24, 2.45) is 0 Å². The number of nitrogens with zero attached hydrogens (tertiary/aromatic N) is 3. The summed E-state index contributed by atoms with van der Waals surface area (Å²) in [6, 6.07) is 6.58. The maximum atomic E-state index is 14.2. The van der Waals surface area contributed by atoms with Gasteiger partial charge in [-0.15, -0.1) is 0 Å². The van der Waals surface area contributed by atoms with Crippen molar-refractivity contribution < 1.29 is 8.78 Å². The van der Waals surface area contributed by atoms with Gasteiger partial charge in [-0.2, -0.15) is 0 Å². The highest BCUT2D eigenvalue weighted by Crippen LogP contribution is 2.27. The Balaban J connectivity index is 1.78. The molecule has 0 saturated carbocycles. The van der Waals surface area contributed by atoms with E-state index in [2.05, 4.69) is 25.6 Å². The van der Waals surface area contributed by atoms with E-state index < -0.39 is 11.6 Å². The van der Waals surface area contributed by atoms with Crippen LogP contribution in [-0.4, -0.2) is 34.1 Å². The van der Waals surface area contributed by atoms with E-state index in [9.17, 15) is 8.78 Å². The minimum Gasteiger partial charge on any atom is -0.349 e. The molecule has 0 radical (unpaired) electrons. The molecule has 5 nitrogen and oxygen atoms in total. The molecule has 23 heavy (non-hydrogen) atoms. The third-order valence-electron chi connectivity index (χ3n) is 3.79. The van der Waals surface area contributed by atoms with E-state index in [1.54, 1.807) is 18.2 Å². The second kappa shape index (κ2) is 5.51. The minimum absolute atomic E-state index is 0.0689. The Labute approximate surface area is 130 Å². The lowest BCUT2D eigenvalue weighted by molar-refractivity contribution is 0.469. The van der Waals surface area contributed by atoms with Gasteiger partial charge in [0.25, 0.3) is 0 Å². The average molecular weight is 313 g/mol. The fourth-order valence-corrected chi connectivity index (χ4v) is 2.50. The molecule has 0 spiro atoms. The summed E-state index contributed by atoms with van der Waals surface area (Å²) in [5.41, 5.74) is 0.682. The molecule has 3 aromatic rings. The first-order chi connectivity index (χ1) is 11.2. The first-order valence-corrected chi connectivity index (χ1v) is 7.25. The van der Waals surface area contributed by atoms with E-state index in [0.29, 0.717) is 16.9 Å². The summed E-state index contributed by atoms with van der Waals surface area (Å²) in [5, 5.41) is 6.82. The van der Waals surface area contributed by atoms with Crippen LogP contribution in [0.1, 0.15) is 0 Å². The molecule has 2 N–H and O–H groups in total. The van der Waals surface area contributed by atoms with Crippen molar-refractivity contribution in [3.63, 3.8) is 0 Å². The Bertz CT molecular complexity index is 879. The Kier molecular flexibility index (Phi) is 3.34. The van der Waals surface area contributed by atoms with Gasteiger partial charge >= 0.3 is 0 Å². The molecule has 1 saturated heterocycles. The first-order valence-electron chi connectivity index (χ1n) is 7.25. The highest BCUT2D eigenvalue weighted by Gasteiger charge is 2.19. The average Bonchev–Trinajstić information content (AvgIpc) is 2.52. The summed E-state index contributed by atoms with van der Waals surface area (Å²) in [7, 11) is 0. The molecular weight excluding hydrogens is 300 g/mol. The van der Waals surface area contributed by atoms with Crippen LogP contribution in [0.15, 0.2) is 36.7 Å². The topological polar surface area (TPSA) is 62.7 Å². The molecule has 0 atom stereocenters. The van der Waals surface area contributed by atoms with Gasteiger partial charge in [-0.1, -0.05) is 6.07 Å². The summed E-state index contributed by atoms with van der Waals surface area (Å²) < 4.78 is 28.3. The van der Waals surface area contributed by atoms with Crippen LogP contribution in [0, 0.1) is 11.6 Å². The summed E-state index contributed by atoms with van der Waals surface area (Å²) in [5.74, 6) is -0.765. The van der Waals surface area contributed by atoms with Crippen LogP contribution in [0.2, 0.25) is 0 Å². The number of rotatable bonds is 3. The van der Waals surface area contributed by atoms with Crippen molar-refractivity contribution in [2.75, 3.05) is 18.4 Å². The normalized spacial score (nSPS) is 14.7. The van der Waals surface area contributed by atoms with Gasteiger partial charge in [0.15, 0.2) is 5.82 Å². The molecule has 7 heteroatoms. The van der Waals surface area contributed by atoms with Crippen molar-refractivity contribution in [1.82, 2.24) is 20.3 Å². The van der Waals surface area contributed by atoms with E-state index in [1.807, 2.05) is 0 Å². The lowest BCUT2D eigenvalue weighted by Gasteiger charge is -2.27. The first kappa shape index (κ1) is 14.0. The minimum atomic E-state index is -0.593. The van der Waals surface area contributed by atoms with Gasteiger partial charge in [0.1, 0.15) is 17.0 Å². The smallest absolute Gasteiger partial charge is 0.223 e. The summed E-state index contributed by atoms with van der Waals surface area (Å²) >= 11 is 0. The fourth-order valence-electron chi connectivity index (χ4n) is 2.50. The number of fused-ring (bicyclic) bond motifs is 1. The molecule has 0 amide bonds. The molecule has 3 heterocycles. The second-order valence-corrected chi connectivity index (χ2v) is 5.42. The Hall–Kier alpha value is -2.67. The van der Waals surface area contributed by atoms with Gasteiger partial charge in [-0.05, 0) is 18.2 Å².